The second-order valence-corrected chi connectivity index (χ2v) is 9.46. The zero-order valence-electron chi connectivity index (χ0n) is 22.2. The number of nitrogens with zero attached hydrogens (tertiary/aromatic N) is 3. The van der Waals surface area contributed by atoms with Gasteiger partial charge < -0.3 is 30.6 Å². The molecule has 0 spiro atoms. The van der Waals surface area contributed by atoms with Gasteiger partial charge >= 0.3 is 6.09 Å². The average molecular weight is 567 g/mol. The molecule has 0 unspecified atom stereocenters. The fraction of sp³-hybridized carbons (Fsp3) is 0.333. The molecule has 3 heterocycles. The number of H-pyrrole nitrogens is 1. The molecule has 14 heteroatoms. The molecule has 5 rings (SSSR count). The number of carboxylic acids is 1. The summed E-state index contributed by atoms with van der Waals surface area (Å²) >= 11 is 0. The molecule has 0 aliphatic carbocycles. The number of aromatic nitrogens is 3. The fourth-order valence-electron chi connectivity index (χ4n) is 4.24. The molecule has 13 nitrogen and oxygen atoms in total. The van der Waals surface area contributed by atoms with Crippen LogP contribution in [0.15, 0.2) is 48.7 Å². The molecule has 3 amide bonds. The van der Waals surface area contributed by atoms with Crippen LogP contribution in [0.1, 0.15) is 31.0 Å². The van der Waals surface area contributed by atoms with Gasteiger partial charge in [0.15, 0.2) is 0 Å². The molecule has 0 saturated carbocycles. The zero-order chi connectivity index (χ0) is 29.4. The number of amides is 3. The van der Waals surface area contributed by atoms with Crippen LogP contribution in [0, 0.1) is 5.82 Å². The number of nitrogens with one attached hydrogen (secondary N) is 4. The minimum absolute atomic E-state index is 0.202. The summed E-state index contributed by atoms with van der Waals surface area (Å²) in [4.78, 5) is 44.9. The summed E-state index contributed by atoms with van der Waals surface area (Å²) in [6, 6.07) is 11.5. The van der Waals surface area contributed by atoms with Gasteiger partial charge in [-0.1, -0.05) is 24.3 Å². The van der Waals surface area contributed by atoms with Gasteiger partial charge in [-0.2, -0.15) is 15.4 Å². The highest BCUT2D eigenvalue weighted by molar-refractivity contribution is 5.90. The summed E-state index contributed by atoms with van der Waals surface area (Å²) in [7, 11) is 0. The van der Waals surface area contributed by atoms with Crippen molar-refractivity contribution in [2.75, 3.05) is 18.0 Å². The van der Waals surface area contributed by atoms with Crippen LogP contribution in [0.2, 0.25) is 0 Å². The molecule has 4 N–H and O–H groups in total. The van der Waals surface area contributed by atoms with Gasteiger partial charge in [-0.05, 0) is 35.7 Å². The second-order valence-electron chi connectivity index (χ2n) is 9.46. The van der Waals surface area contributed by atoms with E-state index in [1.54, 1.807) is 18.3 Å². The van der Waals surface area contributed by atoms with Gasteiger partial charge in [0.05, 0.1) is 42.7 Å². The van der Waals surface area contributed by atoms with Gasteiger partial charge in [-0.15, -0.1) is 0 Å². The van der Waals surface area contributed by atoms with Crippen molar-refractivity contribution in [1.29, 1.82) is 0 Å². The molecule has 3 aromatic rings. The fourth-order valence-corrected chi connectivity index (χ4v) is 4.24. The average Bonchev–Trinajstić information content (AvgIpc) is 3.70. The third kappa shape index (κ3) is 8.08. The normalized spacial score (nSPS) is 17.9. The third-order valence-corrected chi connectivity index (χ3v) is 6.36. The van der Waals surface area contributed by atoms with Crippen molar-refractivity contribution in [1.82, 2.24) is 31.4 Å². The Hall–Kier alpha value is -4.85. The smallest absolute Gasteiger partial charge is 0.414 e. The number of carbonyl (C=O) groups is 4. The SMILES string of the molecule is CC(=O)NC[C@H]1CN(c2ccc(-c3ccc(CNCc4cn[nH]n4)cc3)c(F)c2)C(=O)O1.O=C1CC[C@@H](C(=O)[O-])N1. The molecule has 2 saturated heterocycles. The lowest BCUT2D eigenvalue weighted by Crippen LogP contribution is -2.42. The molecule has 2 fully saturated rings. The first kappa shape index (κ1) is 29.1. The predicted molar refractivity (Wildman–Crippen MR) is 141 cm³/mol. The van der Waals surface area contributed by atoms with E-state index in [0.29, 0.717) is 37.2 Å². The van der Waals surface area contributed by atoms with Crippen molar-refractivity contribution in [3.63, 3.8) is 0 Å². The van der Waals surface area contributed by atoms with E-state index >= 15 is 0 Å². The molecule has 0 bridgehead atoms. The number of hydrogen-bond donors (Lipinski definition) is 4. The van der Waals surface area contributed by atoms with Crippen LogP contribution in [0.5, 0.6) is 0 Å². The Labute approximate surface area is 234 Å². The summed E-state index contributed by atoms with van der Waals surface area (Å²) in [6.45, 7) is 3.10. The highest BCUT2D eigenvalue weighted by atomic mass is 19.1. The van der Waals surface area contributed by atoms with E-state index < -0.39 is 30.0 Å². The van der Waals surface area contributed by atoms with Crippen molar-refractivity contribution >= 4 is 29.6 Å². The standard InChI is InChI=1S/C22H23FN6O3.C5H7NO3/c1-14(30)25-12-19-13-29(22(31)32-19)18-6-7-20(21(23)8-18)16-4-2-15(3-5-16)9-24-10-17-11-26-28-27-17;7-4-2-1-3(6-4)5(8)9/h2-8,11,19,24H,9-10,12-13H2,1H3,(H,25,30)(H,26,27,28);3H,1-2H2,(H,6,7)(H,8,9)/p-1/t19-;3-/m00/s1. The molecule has 2 aromatic carbocycles. The predicted octanol–water partition coefficient (Wildman–Crippen LogP) is 0.377. The quantitative estimate of drug-likeness (QED) is 0.285. The summed E-state index contributed by atoms with van der Waals surface area (Å²) in [5.41, 5.74) is 3.47. The number of carboxylic acid groups (broad SMARTS) is 1. The van der Waals surface area contributed by atoms with Crippen molar-refractivity contribution in [3.8, 4) is 11.1 Å². The van der Waals surface area contributed by atoms with Crippen LogP contribution < -0.4 is 26.0 Å². The van der Waals surface area contributed by atoms with E-state index in [-0.39, 0.29) is 24.9 Å². The summed E-state index contributed by atoms with van der Waals surface area (Å²) < 4.78 is 20.1. The number of ether oxygens (including phenoxy) is 1. The van der Waals surface area contributed by atoms with Crippen molar-refractivity contribution in [2.24, 2.45) is 0 Å². The number of aromatic amines is 1. The lowest BCUT2D eigenvalue weighted by molar-refractivity contribution is -0.308. The number of aliphatic carboxylic acids is 1. The number of halogens is 1. The number of rotatable bonds is 9. The van der Waals surface area contributed by atoms with Gasteiger partial charge in [0.2, 0.25) is 11.8 Å². The molecule has 2 aliphatic heterocycles. The van der Waals surface area contributed by atoms with Gasteiger partial charge in [0, 0.05) is 32.0 Å². The number of hydrogen-bond acceptors (Lipinski definition) is 9. The number of benzene rings is 2. The number of anilines is 1. The lowest BCUT2D eigenvalue weighted by atomic mass is 10.0. The highest BCUT2D eigenvalue weighted by Gasteiger charge is 2.32. The molecule has 1 aromatic heterocycles. The maximum Gasteiger partial charge on any atom is 0.414 e. The Balaban J connectivity index is 0.000000367. The Morgan fingerprint density at radius 3 is 2.54 bits per heavy atom. The summed E-state index contributed by atoms with van der Waals surface area (Å²) in [5.74, 6) is -2.03. The maximum atomic E-state index is 14.9. The summed E-state index contributed by atoms with van der Waals surface area (Å²) in [5, 5.41) is 28.5. The van der Waals surface area contributed by atoms with E-state index in [2.05, 4.69) is 31.4 Å². The van der Waals surface area contributed by atoms with Crippen molar-refractivity contribution < 1.29 is 33.4 Å². The monoisotopic (exact) mass is 566 g/mol. The first-order chi connectivity index (χ1) is 19.7. The molecular weight excluding hydrogens is 537 g/mol. The third-order valence-electron chi connectivity index (χ3n) is 6.36. The first-order valence-corrected chi connectivity index (χ1v) is 12.9. The van der Waals surface area contributed by atoms with E-state index in [4.69, 9.17) is 4.74 Å². The molecule has 216 valence electrons. The molecule has 41 heavy (non-hydrogen) atoms. The Morgan fingerprint density at radius 1 is 1.17 bits per heavy atom. The topological polar surface area (TPSA) is 181 Å². The molecule has 2 aliphatic rings. The van der Waals surface area contributed by atoms with E-state index in [1.807, 2.05) is 24.3 Å². The van der Waals surface area contributed by atoms with Gasteiger partial charge in [0.1, 0.15) is 11.9 Å². The Kier molecular flexibility index (Phi) is 9.58. The van der Waals surface area contributed by atoms with Crippen LogP contribution in [-0.2, 0) is 32.2 Å². The lowest BCUT2D eigenvalue weighted by Gasteiger charge is -2.15. The van der Waals surface area contributed by atoms with Gasteiger partial charge in [-0.3, -0.25) is 14.5 Å². The van der Waals surface area contributed by atoms with Crippen LogP contribution in [0.3, 0.4) is 0 Å². The minimum Gasteiger partial charge on any atom is -0.548 e. The van der Waals surface area contributed by atoms with Crippen LogP contribution in [-0.4, -0.2) is 64.5 Å². The highest BCUT2D eigenvalue weighted by Crippen LogP contribution is 2.29. The zero-order valence-corrected chi connectivity index (χ0v) is 22.2. The largest absolute Gasteiger partial charge is 0.548 e. The van der Waals surface area contributed by atoms with E-state index in [9.17, 15) is 28.7 Å². The first-order valence-electron chi connectivity index (χ1n) is 12.9. The van der Waals surface area contributed by atoms with Gasteiger partial charge in [-0.25, -0.2) is 9.18 Å². The Bertz CT molecular complexity index is 1380. The van der Waals surface area contributed by atoms with Gasteiger partial charge in [0.25, 0.3) is 0 Å². The van der Waals surface area contributed by atoms with Crippen LogP contribution in [0.25, 0.3) is 11.1 Å². The van der Waals surface area contributed by atoms with E-state index in [1.165, 1.54) is 17.9 Å². The number of cyclic esters (lactones) is 1. The maximum absolute atomic E-state index is 14.9. The van der Waals surface area contributed by atoms with Crippen molar-refractivity contribution in [2.45, 2.75) is 45.0 Å². The van der Waals surface area contributed by atoms with Crippen LogP contribution in [0.4, 0.5) is 14.9 Å². The minimum atomic E-state index is -1.19. The molecular formula is C27H29FN7O6-. The van der Waals surface area contributed by atoms with Crippen LogP contribution >= 0.6 is 0 Å². The van der Waals surface area contributed by atoms with E-state index in [0.717, 1.165) is 16.8 Å². The second kappa shape index (κ2) is 13.5. The Morgan fingerprint density at radius 2 is 1.95 bits per heavy atom. The molecule has 0 radical (unpaired) electrons. The number of carbonyl (C=O) groups excluding carboxylic acids is 4. The molecule has 2 atom stereocenters. The summed E-state index contributed by atoms with van der Waals surface area (Å²) in [6.07, 6.45) is 1.29. The van der Waals surface area contributed by atoms with Crippen molar-refractivity contribution in [3.05, 3.63) is 65.7 Å².